The van der Waals surface area contributed by atoms with Gasteiger partial charge in [-0.15, -0.1) is 11.3 Å². The summed E-state index contributed by atoms with van der Waals surface area (Å²) >= 11 is 7.59. The first-order chi connectivity index (χ1) is 7.66. The van der Waals surface area contributed by atoms with Crippen molar-refractivity contribution >= 4 is 22.9 Å². The Morgan fingerprint density at radius 1 is 1.62 bits per heavy atom. The Labute approximate surface area is 104 Å². The summed E-state index contributed by atoms with van der Waals surface area (Å²) in [5, 5.41) is 7.31. The van der Waals surface area contributed by atoms with Gasteiger partial charge in [-0.05, 0) is 13.0 Å². The van der Waals surface area contributed by atoms with Crippen LogP contribution in [0.3, 0.4) is 0 Å². The molecule has 2 aromatic rings. The highest BCUT2D eigenvalue weighted by molar-refractivity contribution is 7.09. The lowest BCUT2D eigenvalue weighted by atomic mass is 10.3. The lowest BCUT2D eigenvalue weighted by Gasteiger charge is -2.11. The average Bonchev–Trinajstić information content (AvgIpc) is 2.84. The van der Waals surface area contributed by atoms with Crippen molar-refractivity contribution in [2.75, 3.05) is 0 Å². The summed E-state index contributed by atoms with van der Waals surface area (Å²) in [4.78, 5) is 4.28. The van der Waals surface area contributed by atoms with Crippen LogP contribution < -0.4 is 5.32 Å². The number of nitrogens with one attached hydrogen (secondary N) is 1. The highest BCUT2D eigenvalue weighted by Crippen LogP contribution is 2.17. The maximum atomic E-state index is 5.92. The van der Waals surface area contributed by atoms with Crippen molar-refractivity contribution in [1.29, 1.82) is 0 Å². The lowest BCUT2D eigenvalue weighted by molar-refractivity contribution is 0.555. The predicted octanol–water partition coefficient (Wildman–Crippen LogP) is 2.99. The number of halogens is 1. The Kier molecular flexibility index (Phi) is 3.63. The summed E-state index contributed by atoms with van der Waals surface area (Å²) in [7, 11) is 2.00. The molecule has 0 saturated carbocycles. The average molecular weight is 256 g/mol. The van der Waals surface area contributed by atoms with Crippen molar-refractivity contribution < 1.29 is 0 Å². The van der Waals surface area contributed by atoms with E-state index < -0.39 is 0 Å². The lowest BCUT2D eigenvalue weighted by Crippen LogP contribution is -2.19. The molecule has 0 saturated heterocycles. The zero-order chi connectivity index (χ0) is 11.5. The molecule has 0 spiro atoms. The topological polar surface area (TPSA) is 29.9 Å². The largest absolute Gasteiger partial charge is 0.352 e. The van der Waals surface area contributed by atoms with E-state index in [0.717, 1.165) is 16.6 Å². The minimum atomic E-state index is 0.272. The van der Waals surface area contributed by atoms with Crippen LogP contribution in [0.5, 0.6) is 0 Å². The minimum absolute atomic E-state index is 0.272. The molecule has 86 valence electrons. The summed E-state index contributed by atoms with van der Waals surface area (Å²) in [6.07, 6.45) is 3.74. The van der Waals surface area contributed by atoms with E-state index in [1.807, 2.05) is 35.5 Å². The molecule has 0 fully saturated rings. The molecular weight excluding hydrogens is 242 g/mol. The Balaban J connectivity index is 1.95. The molecule has 5 heteroatoms. The first-order valence-corrected chi connectivity index (χ1v) is 6.36. The van der Waals surface area contributed by atoms with Crippen LogP contribution in [0.1, 0.15) is 23.7 Å². The third kappa shape index (κ3) is 2.64. The molecule has 16 heavy (non-hydrogen) atoms. The molecular formula is C11H14ClN3S. The van der Waals surface area contributed by atoms with Crippen molar-refractivity contribution in [3.63, 3.8) is 0 Å². The van der Waals surface area contributed by atoms with E-state index in [4.69, 9.17) is 11.6 Å². The Hall–Kier alpha value is -0.840. The van der Waals surface area contributed by atoms with Crippen molar-refractivity contribution in [3.05, 3.63) is 39.6 Å². The Morgan fingerprint density at radius 3 is 3.00 bits per heavy atom. The molecule has 0 bridgehead atoms. The maximum Gasteiger partial charge on any atom is 0.109 e. The van der Waals surface area contributed by atoms with Gasteiger partial charge in [-0.3, -0.25) is 0 Å². The number of nitrogens with zero attached hydrogens (tertiary/aromatic N) is 2. The molecule has 0 aliphatic carbocycles. The van der Waals surface area contributed by atoms with Gasteiger partial charge in [0.15, 0.2) is 0 Å². The first-order valence-electron chi connectivity index (χ1n) is 5.10. The van der Waals surface area contributed by atoms with Crippen LogP contribution in [0.25, 0.3) is 0 Å². The van der Waals surface area contributed by atoms with Crippen LogP contribution in [0.15, 0.2) is 23.8 Å². The quantitative estimate of drug-likeness (QED) is 0.910. The van der Waals surface area contributed by atoms with E-state index in [1.54, 1.807) is 11.3 Å². The van der Waals surface area contributed by atoms with Gasteiger partial charge in [-0.1, -0.05) is 11.6 Å². The number of aryl methyl sites for hydroxylation is 1. The fourth-order valence-corrected chi connectivity index (χ4v) is 2.48. The van der Waals surface area contributed by atoms with Crippen molar-refractivity contribution in [1.82, 2.24) is 14.9 Å². The van der Waals surface area contributed by atoms with Crippen molar-refractivity contribution in [2.24, 2.45) is 7.05 Å². The van der Waals surface area contributed by atoms with Gasteiger partial charge in [-0.2, -0.15) is 0 Å². The van der Waals surface area contributed by atoms with Gasteiger partial charge in [0.25, 0.3) is 0 Å². The number of thiazole rings is 1. The zero-order valence-corrected chi connectivity index (χ0v) is 10.8. The highest BCUT2D eigenvalue weighted by Gasteiger charge is 2.08. The molecule has 1 unspecified atom stereocenters. The van der Waals surface area contributed by atoms with Crippen LogP contribution in [-0.4, -0.2) is 9.55 Å². The smallest absolute Gasteiger partial charge is 0.109 e. The summed E-state index contributed by atoms with van der Waals surface area (Å²) in [5.74, 6) is 0. The fraction of sp³-hybridized carbons (Fsp3) is 0.364. The van der Waals surface area contributed by atoms with Crippen LogP contribution in [-0.2, 0) is 13.6 Å². The van der Waals surface area contributed by atoms with Crippen LogP contribution >= 0.6 is 22.9 Å². The molecule has 3 nitrogen and oxygen atoms in total. The highest BCUT2D eigenvalue weighted by atomic mass is 35.5. The number of rotatable bonds is 4. The molecule has 2 rings (SSSR count). The molecule has 0 amide bonds. The van der Waals surface area contributed by atoms with Gasteiger partial charge in [0.1, 0.15) is 5.01 Å². The second-order valence-electron chi connectivity index (χ2n) is 3.73. The van der Waals surface area contributed by atoms with Gasteiger partial charge in [-0.25, -0.2) is 4.98 Å². The van der Waals surface area contributed by atoms with Gasteiger partial charge in [0.2, 0.25) is 0 Å². The van der Waals surface area contributed by atoms with E-state index in [-0.39, 0.29) is 6.04 Å². The Bertz CT molecular complexity index is 450. The molecule has 0 radical (unpaired) electrons. The monoisotopic (exact) mass is 255 g/mol. The van der Waals surface area contributed by atoms with Crippen LogP contribution in [0, 0.1) is 0 Å². The summed E-state index contributed by atoms with van der Waals surface area (Å²) < 4.78 is 2.03. The molecule has 2 heterocycles. The maximum absolute atomic E-state index is 5.92. The van der Waals surface area contributed by atoms with E-state index >= 15 is 0 Å². The summed E-state index contributed by atoms with van der Waals surface area (Å²) in [6.45, 7) is 2.91. The summed E-state index contributed by atoms with van der Waals surface area (Å²) in [5.41, 5.74) is 1.17. The second kappa shape index (κ2) is 4.99. The first kappa shape index (κ1) is 11.6. The van der Waals surface area contributed by atoms with E-state index in [2.05, 4.69) is 17.2 Å². The van der Waals surface area contributed by atoms with E-state index in [1.165, 1.54) is 5.69 Å². The van der Waals surface area contributed by atoms with E-state index in [9.17, 15) is 0 Å². The van der Waals surface area contributed by atoms with Crippen molar-refractivity contribution in [2.45, 2.75) is 19.5 Å². The second-order valence-corrected chi connectivity index (χ2v) is 5.10. The third-order valence-corrected chi connectivity index (χ3v) is 3.65. The van der Waals surface area contributed by atoms with Gasteiger partial charge in [0.05, 0.1) is 11.1 Å². The molecule has 2 aromatic heterocycles. The van der Waals surface area contributed by atoms with Gasteiger partial charge in [0, 0.05) is 37.1 Å². The number of hydrogen-bond donors (Lipinski definition) is 1. The fourth-order valence-electron chi connectivity index (χ4n) is 1.54. The molecule has 0 aliphatic heterocycles. The zero-order valence-electron chi connectivity index (χ0n) is 9.27. The molecule has 1 N–H and O–H groups in total. The van der Waals surface area contributed by atoms with Crippen molar-refractivity contribution in [3.8, 4) is 0 Å². The SMILES string of the molecule is CC(NCc1cc(Cl)cn1C)c1nccs1. The third-order valence-electron chi connectivity index (χ3n) is 2.49. The van der Waals surface area contributed by atoms with Crippen LogP contribution in [0.2, 0.25) is 5.02 Å². The number of aromatic nitrogens is 2. The molecule has 0 aliphatic rings. The van der Waals surface area contributed by atoms with E-state index in [0.29, 0.717) is 0 Å². The number of hydrogen-bond acceptors (Lipinski definition) is 3. The Morgan fingerprint density at radius 2 is 2.44 bits per heavy atom. The summed E-state index contributed by atoms with van der Waals surface area (Å²) in [6, 6.07) is 2.25. The predicted molar refractivity (Wildman–Crippen MR) is 67.8 cm³/mol. The van der Waals surface area contributed by atoms with Gasteiger partial charge >= 0.3 is 0 Å². The normalized spacial score (nSPS) is 12.9. The standard InChI is InChI=1S/C11H14ClN3S/c1-8(11-13-3-4-16-11)14-6-10-5-9(12)7-15(10)2/h3-5,7-8,14H,6H2,1-2H3. The minimum Gasteiger partial charge on any atom is -0.352 e. The van der Waals surface area contributed by atoms with Gasteiger partial charge < -0.3 is 9.88 Å². The molecule has 1 atom stereocenters. The molecule has 0 aromatic carbocycles. The van der Waals surface area contributed by atoms with Crippen LogP contribution in [0.4, 0.5) is 0 Å².